The molecular formula is C6H14N2O7S3. The Morgan fingerprint density at radius 2 is 1.56 bits per heavy atom. The van der Waals surface area contributed by atoms with Crippen molar-refractivity contribution in [2.75, 3.05) is 11.5 Å². The Labute approximate surface area is 112 Å². The van der Waals surface area contributed by atoms with Crippen LogP contribution in [0, 0.1) is 0 Å². The predicted molar refractivity (Wildman–Crippen MR) is 69.1 cm³/mol. The summed E-state index contributed by atoms with van der Waals surface area (Å²) in [5.41, 5.74) is 9.87. The van der Waals surface area contributed by atoms with Gasteiger partial charge in [0.15, 0.2) is 0 Å². The van der Waals surface area contributed by atoms with Crippen molar-refractivity contribution in [3.63, 3.8) is 0 Å². The highest BCUT2D eigenvalue weighted by Gasteiger charge is 2.15. The zero-order valence-electron chi connectivity index (χ0n) is 8.96. The lowest BCUT2D eigenvalue weighted by Gasteiger charge is -2.01. The van der Waals surface area contributed by atoms with Gasteiger partial charge in [-0.15, -0.1) is 0 Å². The highest BCUT2D eigenvalue weighted by Crippen LogP contribution is 2.09. The lowest BCUT2D eigenvalue weighted by atomic mass is 10.4. The van der Waals surface area contributed by atoms with E-state index < -0.39 is 33.2 Å². The molecule has 0 bridgehead atoms. The lowest BCUT2D eigenvalue weighted by Crippen LogP contribution is -2.32. The molecule has 0 aliphatic heterocycles. The number of aliphatic carboxylic acids is 2. The topological polar surface area (TPSA) is 181 Å². The van der Waals surface area contributed by atoms with Crippen molar-refractivity contribution in [1.29, 1.82) is 0 Å². The van der Waals surface area contributed by atoms with Crippen LogP contribution in [0.15, 0.2) is 0 Å². The zero-order chi connectivity index (χ0) is 14.9. The molecule has 12 heteroatoms. The minimum atomic E-state index is -4.18. The minimum absolute atomic E-state index is 0.0919. The summed E-state index contributed by atoms with van der Waals surface area (Å²) in [4.78, 5) is 19.8. The summed E-state index contributed by atoms with van der Waals surface area (Å²) in [6, 6.07) is -2.09. The molecule has 2 atom stereocenters. The molecule has 0 aliphatic rings. The Hall–Kier alpha value is -0.530. The van der Waals surface area contributed by atoms with Gasteiger partial charge >= 0.3 is 21.1 Å². The van der Waals surface area contributed by atoms with Gasteiger partial charge < -0.3 is 21.7 Å². The third-order valence-electron chi connectivity index (χ3n) is 1.23. The number of carboxylic acid groups (broad SMARTS) is 2. The summed E-state index contributed by atoms with van der Waals surface area (Å²) in [5, 5.41) is 16.2. The Balaban J connectivity index is 0. The number of carboxylic acids is 2. The van der Waals surface area contributed by atoms with Gasteiger partial charge in [-0.05, 0) is 10.8 Å². The van der Waals surface area contributed by atoms with Gasteiger partial charge in [0.05, 0.1) is 0 Å². The standard InChI is InChI=1S/C3H7NO5S2.C3H7NO2S/c4-2(3(5)6)1-10-11(7,8)9;4-2(1-7)3(5)6/h2H,1,4H2,(H,5,6)(H,7,8,9);2,7H,1,4H2,(H,5,6). The summed E-state index contributed by atoms with van der Waals surface area (Å²) in [5.74, 6) is -2.49. The maximum atomic E-state index is 10.0. The molecule has 0 radical (unpaired) electrons. The first-order valence-electron chi connectivity index (χ1n) is 4.20. The molecule has 9 nitrogen and oxygen atoms in total. The fraction of sp³-hybridized carbons (Fsp3) is 0.667. The summed E-state index contributed by atoms with van der Waals surface area (Å²) < 4.78 is 28.2. The maximum absolute atomic E-state index is 10.0. The lowest BCUT2D eigenvalue weighted by molar-refractivity contribution is -0.138. The molecule has 0 aromatic carbocycles. The van der Waals surface area contributed by atoms with E-state index in [1.54, 1.807) is 0 Å². The van der Waals surface area contributed by atoms with Gasteiger partial charge in [-0.2, -0.15) is 21.0 Å². The minimum Gasteiger partial charge on any atom is -0.480 e. The maximum Gasteiger partial charge on any atom is 0.321 e. The van der Waals surface area contributed by atoms with Crippen LogP contribution in [0.3, 0.4) is 0 Å². The molecular weight excluding hydrogens is 308 g/mol. The molecule has 0 aliphatic carbocycles. The Morgan fingerprint density at radius 3 is 1.72 bits per heavy atom. The van der Waals surface area contributed by atoms with Crippen molar-refractivity contribution >= 4 is 44.5 Å². The van der Waals surface area contributed by atoms with Gasteiger partial charge in [0.25, 0.3) is 0 Å². The van der Waals surface area contributed by atoms with Crippen molar-refractivity contribution in [2.24, 2.45) is 11.5 Å². The highest BCUT2D eigenvalue weighted by atomic mass is 33.1. The number of nitrogens with two attached hydrogens (primary N) is 2. The molecule has 0 saturated heterocycles. The number of rotatable bonds is 6. The number of hydrogen-bond acceptors (Lipinski definition) is 8. The first-order chi connectivity index (χ1) is 8.01. The zero-order valence-corrected chi connectivity index (χ0v) is 11.5. The normalized spacial score (nSPS) is 14.0. The van der Waals surface area contributed by atoms with E-state index in [2.05, 4.69) is 12.6 Å². The average Bonchev–Trinajstić information content (AvgIpc) is 2.24. The van der Waals surface area contributed by atoms with E-state index in [-0.39, 0.29) is 22.3 Å². The molecule has 0 aromatic heterocycles. The van der Waals surface area contributed by atoms with Crippen molar-refractivity contribution < 1.29 is 32.8 Å². The third-order valence-corrected chi connectivity index (χ3v) is 3.72. The van der Waals surface area contributed by atoms with Crippen LogP contribution in [-0.4, -0.2) is 58.7 Å². The molecule has 0 aromatic rings. The van der Waals surface area contributed by atoms with Crippen LogP contribution in [0.5, 0.6) is 0 Å². The predicted octanol–water partition coefficient (Wildman–Crippen LogP) is -1.74. The molecule has 108 valence electrons. The molecule has 0 spiro atoms. The van der Waals surface area contributed by atoms with Gasteiger partial charge in [-0.3, -0.25) is 14.1 Å². The van der Waals surface area contributed by atoms with Crippen LogP contribution in [0.4, 0.5) is 0 Å². The van der Waals surface area contributed by atoms with E-state index in [0.717, 1.165) is 0 Å². The van der Waals surface area contributed by atoms with Gasteiger partial charge in [-0.1, -0.05) is 0 Å². The van der Waals surface area contributed by atoms with E-state index in [1.807, 2.05) is 0 Å². The van der Waals surface area contributed by atoms with Gasteiger partial charge in [-0.25, -0.2) is 0 Å². The number of carbonyl (C=O) groups is 2. The summed E-state index contributed by atoms with van der Waals surface area (Å²) in [7, 11) is -4.09. The largest absolute Gasteiger partial charge is 0.480 e. The fourth-order valence-electron chi connectivity index (χ4n) is 0.309. The van der Waals surface area contributed by atoms with E-state index in [9.17, 15) is 18.0 Å². The molecule has 7 N–H and O–H groups in total. The first kappa shape index (κ1) is 19.8. The SMILES string of the molecule is NC(CS)C(=O)O.NC(CSS(=O)(=O)O)C(=O)O. The van der Waals surface area contributed by atoms with Crippen LogP contribution in [0.2, 0.25) is 0 Å². The van der Waals surface area contributed by atoms with Crippen molar-refractivity contribution in [3.8, 4) is 0 Å². The van der Waals surface area contributed by atoms with E-state index in [1.165, 1.54) is 0 Å². The molecule has 0 saturated carbocycles. The van der Waals surface area contributed by atoms with E-state index in [4.69, 9.17) is 26.2 Å². The fourth-order valence-corrected chi connectivity index (χ4v) is 1.88. The Morgan fingerprint density at radius 1 is 1.17 bits per heavy atom. The van der Waals surface area contributed by atoms with E-state index >= 15 is 0 Å². The highest BCUT2D eigenvalue weighted by molar-refractivity contribution is 8.69. The van der Waals surface area contributed by atoms with Crippen molar-refractivity contribution in [1.82, 2.24) is 0 Å². The van der Waals surface area contributed by atoms with Crippen LogP contribution >= 0.6 is 23.4 Å². The second-order valence-electron chi connectivity index (χ2n) is 2.78. The quantitative estimate of drug-likeness (QED) is 0.186. The summed E-state index contributed by atoms with van der Waals surface area (Å²) in [6.07, 6.45) is 0. The van der Waals surface area contributed by atoms with Gasteiger partial charge in [0, 0.05) is 11.5 Å². The smallest absolute Gasteiger partial charge is 0.321 e. The van der Waals surface area contributed by atoms with Crippen LogP contribution < -0.4 is 11.5 Å². The van der Waals surface area contributed by atoms with Crippen molar-refractivity contribution in [2.45, 2.75) is 12.1 Å². The summed E-state index contributed by atoms with van der Waals surface area (Å²) >= 11 is 3.65. The van der Waals surface area contributed by atoms with Crippen LogP contribution in [0.1, 0.15) is 0 Å². The molecule has 18 heavy (non-hydrogen) atoms. The van der Waals surface area contributed by atoms with Gasteiger partial charge in [0.1, 0.15) is 12.1 Å². The second-order valence-corrected chi connectivity index (χ2v) is 6.54. The molecule has 0 fully saturated rings. The third kappa shape index (κ3) is 13.5. The second kappa shape index (κ2) is 9.41. The molecule has 0 rings (SSSR count). The Bertz CT molecular complexity index is 371. The van der Waals surface area contributed by atoms with Crippen LogP contribution in [-0.2, 0) is 18.7 Å². The van der Waals surface area contributed by atoms with E-state index in [0.29, 0.717) is 0 Å². The molecule has 0 heterocycles. The van der Waals surface area contributed by atoms with Gasteiger partial charge in [0.2, 0.25) is 0 Å². The Kier molecular flexibility index (Phi) is 10.3. The number of thiol groups is 1. The van der Waals surface area contributed by atoms with Crippen LogP contribution in [0.25, 0.3) is 0 Å². The monoisotopic (exact) mass is 322 g/mol. The molecule has 0 amide bonds. The molecule has 2 unspecified atom stereocenters. The average molecular weight is 322 g/mol. The first-order valence-corrected chi connectivity index (χ1v) is 7.78. The van der Waals surface area contributed by atoms with Crippen molar-refractivity contribution in [3.05, 3.63) is 0 Å². The summed E-state index contributed by atoms with van der Waals surface area (Å²) in [6.45, 7) is 0. The number of hydrogen-bond donors (Lipinski definition) is 6.